The van der Waals surface area contributed by atoms with Gasteiger partial charge >= 0.3 is 12.2 Å². The van der Waals surface area contributed by atoms with Crippen molar-refractivity contribution in [2.45, 2.75) is 25.1 Å². The highest BCUT2D eigenvalue weighted by Crippen LogP contribution is 2.31. The van der Waals surface area contributed by atoms with Gasteiger partial charge in [-0.05, 0) is 25.0 Å². The lowest BCUT2D eigenvalue weighted by Gasteiger charge is -2.32. The Morgan fingerprint density at radius 3 is 2.82 bits per heavy atom. The maximum Gasteiger partial charge on any atom is 0.419 e. The molecule has 1 atom stereocenters. The number of alkyl halides is 3. The summed E-state index contributed by atoms with van der Waals surface area (Å²) in [5.74, 6) is 0.167. The molecule has 0 bridgehead atoms. The first kappa shape index (κ1) is 15.9. The normalized spacial score (nSPS) is 18.6. The molecule has 0 unspecified atom stereocenters. The summed E-state index contributed by atoms with van der Waals surface area (Å²) in [7, 11) is 0. The number of nitrogens with two attached hydrogens (primary N) is 1. The summed E-state index contributed by atoms with van der Waals surface area (Å²) < 4.78 is 38.1. The summed E-state index contributed by atoms with van der Waals surface area (Å²) in [5.41, 5.74) is 3.46. The minimum absolute atomic E-state index is 0.167. The number of nitriles is 1. The number of piperidine rings is 1. The fourth-order valence-corrected chi connectivity index (χ4v) is 2.36. The summed E-state index contributed by atoms with van der Waals surface area (Å²) >= 11 is 0. The van der Waals surface area contributed by atoms with E-state index in [0.29, 0.717) is 13.1 Å². The largest absolute Gasteiger partial charge is 0.419 e. The van der Waals surface area contributed by atoms with Gasteiger partial charge in [-0.25, -0.2) is 9.78 Å². The van der Waals surface area contributed by atoms with Crippen molar-refractivity contribution in [2.75, 3.05) is 18.4 Å². The molecule has 0 spiro atoms. The van der Waals surface area contributed by atoms with E-state index < -0.39 is 23.5 Å². The van der Waals surface area contributed by atoms with Crippen LogP contribution >= 0.6 is 0 Å². The molecule has 0 radical (unpaired) electrons. The number of nitrogens with zero attached hydrogens (tertiary/aromatic N) is 3. The highest BCUT2D eigenvalue weighted by Gasteiger charge is 2.34. The minimum atomic E-state index is -4.62. The number of primary amides is 1. The average Bonchev–Trinajstić information content (AvgIpc) is 2.46. The van der Waals surface area contributed by atoms with Crippen LogP contribution in [0.3, 0.4) is 0 Å². The van der Waals surface area contributed by atoms with Crippen LogP contribution in [0.25, 0.3) is 0 Å². The van der Waals surface area contributed by atoms with Crippen LogP contribution in [0.5, 0.6) is 0 Å². The molecule has 1 aliphatic rings. The Balaban J connectivity index is 2.14. The van der Waals surface area contributed by atoms with Crippen molar-refractivity contribution in [2.24, 2.45) is 5.73 Å². The summed E-state index contributed by atoms with van der Waals surface area (Å²) in [6, 6.07) is 2.74. The third-order valence-electron chi connectivity index (χ3n) is 3.39. The van der Waals surface area contributed by atoms with E-state index >= 15 is 0 Å². The molecule has 2 amide bonds. The minimum Gasteiger partial charge on any atom is -0.366 e. The van der Waals surface area contributed by atoms with Gasteiger partial charge in [-0.2, -0.15) is 18.4 Å². The Bertz CT molecular complexity index is 611. The third kappa shape index (κ3) is 3.58. The fraction of sp³-hybridized carbons (Fsp3) is 0.462. The van der Waals surface area contributed by atoms with Gasteiger partial charge in [0.2, 0.25) is 0 Å². The Morgan fingerprint density at radius 2 is 2.23 bits per heavy atom. The van der Waals surface area contributed by atoms with Crippen molar-refractivity contribution in [1.82, 2.24) is 9.88 Å². The lowest BCUT2D eigenvalue weighted by atomic mass is 10.1. The second kappa shape index (κ2) is 6.09. The van der Waals surface area contributed by atoms with Crippen LogP contribution in [0, 0.1) is 11.3 Å². The monoisotopic (exact) mass is 313 g/mol. The van der Waals surface area contributed by atoms with Gasteiger partial charge in [0.1, 0.15) is 11.9 Å². The third-order valence-corrected chi connectivity index (χ3v) is 3.39. The fourth-order valence-electron chi connectivity index (χ4n) is 2.36. The number of pyridine rings is 1. The van der Waals surface area contributed by atoms with Crippen LogP contribution < -0.4 is 11.1 Å². The topological polar surface area (TPSA) is 95.0 Å². The number of likely N-dealkylation sites (tertiary alicyclic amines) is 1. The predicted molar refractivity (Wildman–Crippen MR) is 71.8 cm³/mol. The second-order valence-electron chi connectivity index (χ2n) is 4.97. The number of carbonyl (C=O) groups is 1. The number of aromatic nitrogens is 1. The Hall–Kier alpha value is -2.50. The van der Waals surface area contributed by atoms with Crippen molar-refractivity contribution >= 4 is 11.8 Å². The molecule has 6 nitrogen and oxygen atoms in total. The molecule has 1 aliphatic heterocycles. The van der Waals surface area contributed by atoms with Gasteiger partial charge in [-0.15, -0.1) is 0 Å². The van der Waals surface area contributed by atoms with E-state index in [1.54, 1.807) is 0 Å². The van der Waals surface area contributed by atoms with Crippen molar-refractivity contribution < 1.29 is 18.0 Å². The van der Waals surface area contributed by atoms with Gasteiger partial charge in [-0.3, -0.25) is 0 Å². The molecule has 3 N–H and O–H groups in total. The van der Waals surface area contributed by atoms with Crippen LogP contribution in [0.1, 0.15) is 24.1 Å². The molecule has 22 heavy (non-hydrogen) atoms. The second-order valence-corrected chi connectivity index (χ2v) is 4.97. The van der Waals surface area contributed by atoms with E-state index in [9.17, 15) is 18.0 Å². The van der Waals surface area contributed by atoms with E-state index in [0.717, 1.165) is 18.9 Å². The van der Waals surface area contributed by atoms with Gasteiger partial charge in [-0.1, -0.05) is 0 Å². The van der Waals surface area contributed by atoms with Crippen molar-refractivity contribution in [3.05, 3.63) is 23.4 Å². The highest BCUT2D eigenvalue weighted by molar-refractivity contribution is 5.72. The lowest BCUT2D eigenvalue weighted by molar-refractivity contribution is -0.138. The molecular formula is C13H14F3N5O. The molecule has 2 heterocycles. The number of halogens is 3. The Kier molecular flexibility index (Phi) is 4.40. The van der Waals surface area contributed by atoms with E-state index in [1.165, 1.54) is 17.0 Å². The zero-order valence-corrected chi connectivity index (χ0v) is 11.5. The van der Waals surface area contributed by atoms with E-state index in [-0.39, 0.29) is 11.9 Å². The molecular weight excluding hydrogens is 299 g/mol. The standard InChI is InChI=1S/C13H14F3N5O/c14-13(15,16)9-3-4-11(20-10(9)6-17)19-8-2-1-5-21(7-8)12(18)22/h3-4,8H,1-2,5,7H2,(H2,18,22)(H,19,20)/t8-/m0/s1. The van der Waals surface area contributed by atoms with Crippen molar-refractivity contribution in [3.63, 3.8) is 0 Å². The number of nitrogens with one attached hydrogen (secondary N) is 1. The SMILES string of the molecule is N#Cc1nc(N[C@H]2CCCN(C(N)=O)C2)ccc1C(F)(F)F. The molecule has 9 heteroatoms. The van der Waals surface area contributed by atoms with Crippen molar-refractivity contribution in [3.8, 4) is 6.07 Å². The van der Waals surface area contributed by atoms with Gasteiger partial charge in [0.05, 0.1) is 5.56 Å². The number of hydrogen-bond donors (Lipinski definition) is 2. The summed E-state index contributed by atoms with van der Waals surface area (Å²) in [6.07, 6.45) is -3.16. The molecule has 0 aliphatic carbocycles. The highest BCUT2D eigenvalue weighted by atomic mass is 19.4. The number of carbonyl (C=O) groups excluding carboxylic acids is 1. The summed E-state index contributed by atoms with van der Waals surface area (Å²) in [5, 5.41) is 11.8. The van der Waals surface area contributed by atoms with Gasteiger partial charge in [0.15, 0.2) is 5.69 Å². The maximum absolute atomic E-state index is 12.7. The van der Waals surface area contributed by atoms with Crippen LogP contribution in [-0.2, 0) is 6.18 Å². The van der Waals surface area contributed by atoms with Crippen LogP contribution in [-0.4, -0.2) is 35.0 Å². The number of hydrogen-bond acceptors (Lipinski definition) is 4. The first-order valence-electron chi connectivity index (χ1n) is 6.60. The van der Waals surface area contributed by atoms with Crippen LogP contribution in [0.15, 0.2) is 12.1 Å². The molecule has 0 saturated carbocycles. The number of anilines is 1. The molecule has 1 aromatic heterocycles. The zero-order chi connectivity index (χ0) is 16.3. The summed E-state index contributed by atoms with van der Waals surface area (Å²) in [4.78, 5) is 16.3. The molecule has 1 aromatic rings. The van der Waals surface area contributed by atoms with E-state index in [2.05, 4.69) is 10.3 Å². The molecule has 2 rings (SSSR count). The van der Waals surface area contributed by atoms with E-state index in [4.69, 9.17) is 11.0 Å². The average molecular weight is 313 g/mol. The molecule has 1 saturated heterocycles. The smallest absolute Gasteiger partial charge is 0.366 e. The quantitative estimate of drug-likeness (QED) is 0.872. The van der Waals surface area contributed by atoms with Gasteiger partial charge < -0.3 is 16.0 Å². The number of rotatable bonds is 2. The Morgan fingerprint density at radius 1 is 1.50 bits per heavy atom. The van der Waals surface area contributed by atoms with Gasteiger partial charge in [0, 0.05) is 19.1 Å². The number of urea groups is 1. The summed E-state index contributed by atoms with van der Waals surface area (Å²) in [6.45, 7) is 0.900. The van der Waals surface area contributed by atoms with E-state index in [1.807, 2.05) is 0 Å². The Labute approximate surface area is 124 Å². The van der Waals surface area contributed by atoms with Crippen LogP contribution in [0.2, 0.25) is 0 Å². The lowest BCUT2D eigenvalue weighted by Crippen LogP contribution is -2.47. The molecule has 118 valence electrons. The van der Waals surface area contributed by atoms with Gasteiger partial charge in [0.25, 0.3) is 0 Å². The predicted octanol–water partition coefficient (Wildman–Crippen LogP) is 1.93. The first-order valence-corrected chi connectivity index (χ1v) is 6.60. The first-order chi connectivity index (χ1) is 10.3. The maximum atomic E-state index is 12.7. The zero-order valence-electron chi connectivity index (χ0n) is 11.5. The van der Waals surface area contributed by atoms with Crippen LogP contribution in [0.4, 0.5) is 23.8 Å². The van der Waals surface area contributed by atoms with Crippen molar-refractivity contribution in [1.29, 1.82) is 5.26 Å². The molecule has 1 fully saturated rings. The number of amides is 2. The molecule has 0 aromatic carbocycles.